The number of methoxy groups -OCH3 is 1. The van der Waals surface area contributed by atoms with E-state index in [1.807, 2.05) is 31.2 Å². The Morgan fingerprint density at radius 1 is 1.09 bits per heavy atom. The van der Waals surface area contributed by atoms with E-state index in [9.17, 15) is 24.6 Å². The second kappa shape index (κ2) is 13.1. The molecule has 2 heterocycles. The number of hydrogen-bond acceptors (Lipinski definition) is 10. The highest BCUT2D eigenvalue weighted by Gasteiger charge is 2.49. The van der Waals surface area contributed by atoms with Crippen LogP contribution in [0.5, 0.6) is 17.2 Å². The van der Waals surface area contributed by atoms with Gasteiger partial charge in [0, 0.05) is 5.56 Å². The third-order valence-corrected chi connectivity index (χ3v) is 8.84. The first-order chi connectivity index (χ1) is 21.5. The largest absolute Gasteiger partial charge is 0.507 e. The Morgan fingerprint density at radius 2 is 1.82 bits per heavy atom. The molecule has 0 aliphatic carbocycles. The SMILES string of the molecule is CCOC(=O)c1sc(N2C(=O)C(=O)C(=C(O)c3ccc(OCc4cccc(C)c4)cc3)C2c2cc(Br)c(O)c(OC)c2)nc1C. The van der Waals surface area contributed by atoms with Gasteiger partial charge in [0.05, 0.1) is 35.5 Å². The van der Waals surface area contributed by atoms with Crippen molar-refractivity contribution in [2.24, 2.45) is 0 Å². The fourth-order valence-corrected chi connectivity index (χ4v) is 6.40. The lowest BCUT2D eigenvalue weighted by molar-refractivity contribution is -0.132. The summed E-state index contributed by atoms with van der Waals surface area (Å²) in [5.41, 5.74) is 2.83. The maximum atomic E-state index is 13.6. The van der Waals surface area contributed by atoms with Gasteiger partial charge < -0.3 is 24.4 Å². The fraction of sp³-hybridized carbons (Fsp3) is 0.212. The Hall–Kier alpha value is -4.68. The number of carbonyl (C=O) groups excluding carboxylic acids is 3. The number of hydrogen-bond donors (Lipinski definition) is 2. The zero-order valence-electron chi connectivity index (χ0n) is 24.8. The lowest BCUT2D eigenvalue weighted by Gasteiger charge is -2.24. The second-order valence-electron chi connectivity index (χ2n) is 10.2. The van der Waals surface area contributed by atoms with E-state index in [-0.39, 0.29) is 43.7 Å². The molecule has 1 amide bonds. The van der Waals surface area contributed by atoms with Crippen LogP contribution in [-0.2, 0) is 20.9 Å². The Balaban J connectivity index is 1.58. The van der Waals surface area contributed by atoms with Crippen LogP contribution in [0.4, 0.5) is 5.13 Å². The first kappa shape index (κ1) is 31.7. The average Bonchev–Trinajstić information content (AvgIpc) is 3.53. The molecule has 0 spiro atoms. The molecule has 10 nitrogen and oxygen atoms in total. The zero-order valence-corrected chi connectivity index (χ0v) is 27.2. The molecule has 2 N–H and O–H groups in total. The predicted molar refractivity (Wildman–Crippen MR) is 172 cm³/mol. The molecule has 0 saturated carbocycles. The standard InChI is InChI=1S/C33H29BrN2O8S/c1-5-43-32(41)30-18(3)35-33(45-30)36-26(21-14-23(34)28(38)24(15-21)42-4)25(29(39)31(36)40)27(37)20-9-11-22(12-10-20)44-16-19-8-6-7-17(2)13-19/h6-15,26,37-38H,5,16H2,1-4H3. The van der Waals surface area contributed by atoms with Gasteiger partial charge in [0.15, 0.2) is 16.6 Å². The summed E-state index contributed by atoms with van der Waals surface area (Å²) in [5.74, 6) is -2.50. The van der Waals surface area contributed by atoms with Crippen LogP contribution in [0, 0.1) is 13.8 Å². The monoisotopic (exact) mass is 692 g/mol. The van der Waals surface area contributed by atoms with E-state index in [1.54, 1.807) is 38.1 Å². The number of aliphatic hydroxyl groups excluding tert-OH is 1. The zero-order chi connectivity index (χ0) is 32.4. The number of Topliss-reactive ketones (excluding diaryl/α,β-unsaturated/α-hetero) is 1. The van der Waals surface area contributed by atoms with Crippen molar-refractivity contribution in [1.29, 1.82) is 0 Å². The second-order valence-corrected chi connectivity index (χ2v) is 12.0. The summed E-state index contributed by atoms with van der Waals surface area (Å²) in [6.45, 7) is 5.76. The summed E-state index contributed by atoms with van der Waals surface area (Å²) in [6.07, 6.45) is 0. The normalized spacial score (nSPS) is 15.8. The molecule has 1 aliphatic rings. The predicted octanol–water partition coefficient (Wildman–Crippen LogP) is 6.62. The van der Waals surface area contributed by atoms with E-state index in [4.69, 9.17) is 14.2 Å². The molecule has 0 bridgehead atoms. The molecule has 1 atom stereocenters. The maximum absolute atomic E-state index is 13.6. The molecule has 1 aliphatic heterocycles. The molecule has 4 aromatic rings. The highest BCUT2D eigenvalue weighted by atomic mass is 79.9. The van der Waals surface area contributed by atoms with E-state index >= 15 is 0 Å². The van der Waals surface area contributed by atoms with Gasteiger partial charge in [-0.15, -0.1) is 0 Å². The molecule has 1 saturated heterocycles. The van der Waals surface area contributed by atoms with Crippen LogP contribution in [0.15, 0.2) is 70.7 Å². The Labute approximate surface area is 271 Å². The molecule has 232 valence electrons. The number of rotatable bonds is 9. The number of aromatic nitrogens is 1. The van der Waals surface area contributed by atoms with Gasteiger partial charge in [0.25, 0.3) is 5.78 Å². The minimum absolute atomic E-state index is 0.0600. The van der Waals surface area contributed by atoms with Gasteiger partial charge in [-0.05, 0) is 84.2 Å². The lowest BCUT2D eigenvalue weighted by Crippen LogP contribution is -2.29. The third kappa shape index (κ3) is 6.29. The highest BCUT2D eigenvalue weighted by Crippen LogP contribution is 2.47. The smallest absolute Gasteiger partial charge is 0.350 e. The summed E-state index contributed by atoms with van der Waals surface area (Å²) < 4.78 is 16.6. The molecule has 5 rings (SSSR count). The molecule has 1 fully saturated rings. The van der Waals surface area contributed by atoms with Crippen LogP contribution in [-0.4, -0.2) is 46.6 Å². The number of amides is 1. The van der Waals surface area contributed by atoms with Crippen molar-refractivity contribution in [3.8, 4) is 17.2 Å². The van der Waals surface area contributed by atoms with Crippen molar-refractivity contribution in [2.75, 3.05) is 18.6 Å². The fourth-order valence-electron chi connectivity index (χ4n) is 4.96. The number of ether oxygens (including phenoxy) is 3. The number of esters is 1. The van der Waals surface area contributed by atoms with E-state index < -0.39 is 29.5 Å². The van der Waals surface area contributed by atoms with Crippen LogP contribution >= 0.6 is 27.3 Å². The molecule has 45 heavy (non-hydrogen) atoms. The van der Waals surface area contributed by atoms with Gasteiger partial charge in [0.2, 0.25) is 0 Å². The third-order valence-electron chi connectivity index (χ3n) is 7.10. The molecule has 3 aromatic carbocycles. The first-order valence-corrected chi connectivity index (χ1v) is 15.5. The number of aliphatic hydroxyl groups is 1. The van der Waals surface area contributed by atoms with E-state index in [1.165, 1.54) is 19.2 Å². The van der Waals surface area contributed by atoms with Crippen molar-refractivity contribution in [3.05, 3.63) is 104 Å². The van der Waals surface area contributed by atoms with Crippen LogP contribution in [0.2, 0.25) is 0 Å². The first-order valence-electron chi connectivity index (χ1n) is 13.8. The summed E-state index contributed by atoms with van der Waals surface area (Å²) in [6, 6.07) is 16.2. The van der Waals surface area contributed by atoms with Gasteiger partial charge in [-0.1, -0.05) is 41.2 Å². The molecular weight excluding hydrogens is 664 g/mol. The lowest BCUT2D eigenvalue weighted by atomic mass is 9.95. The highest BCUT2D eigenvalue weighted by molar-refractivity contribution is 9.10. The molecular formula is C33H29BrN2O8S. The Bertz CT molecular complexity index is 1830. The number of benzene rings is 3. The van der Waals surface area contributed by atoms with Gasteiger partial charge >= 0.3 is 11.9 Å². The number of phenolic OH excluding ortho intramolecular Hbond substituents is 1. The van der Waals surface area contributed by atoms with Crippen molar-refractivity contribution >= 4 is 55.8 Å². The summed E-state index contributed by atoms with van der Waals surface area (Å²) in [5, 5.41) is 22.1. The molecule has 12 heteroatoms. The van der Waals surface area contributed by atoms with Crippen molar-refractivity contribution < 1.29 is 38.8 Å². The van der Waals surface area contributed by atoms with Crippen LogP contribution in [0.1, 0.15) is 50.6 Å². The summed E-state index contributed by atoms with van der Waals surface area (Å²) in [7, 11) is 1.36. The average molecular weight is 694 g/mol. The Morgan fingerprint density at radius 3 is 2.49 bits per heavy atom. The number of anilines is 1. The number of halogens is 1. The number of thiazole rings is 1. The number of aromatic hydroxyl groups is 1. The number of nitrogens with zero attached hydrogens (tertiary/aromatic N) is 2. The molecule has 1 unspecified atom stereocenters. The van der Waals surface area contributed by atoms with Gasteiger partial charge in [-0.25, -0.2) is 9.78 Å². The topological polar surface area (TPSA) is 135 Å². The van der Waals surface area contributed by atoms with Gasteiger partial charge in [-0.2, -0.15) is 0 Å². The molecule has 0 radical (unpaired) electrons. The van der Waals surface area contributed by atoms with Crippen LogP contribution in [0.3, 0.4) is 0 Å². The van der Waals surface area contributed by atoms with Crippen LogP contribution in [0.25, 0.3) is 5.76 Å². The summed E-state index contributed by atoms with van der Waals surface area (Å²) >= 11 is 4.20. The minimum atomic E-state index is -1.19. The van der Waals surface area contributed by atoms with Gasteiger partial charge in [-0.3, -0.25) is 14.5 Å². The van der Waals surface area contributed by atoms with Crippen molar-refractivity contribution in [3.63, 3.8) is 0 Å². The summed E-state index contributed by atoms with van der Waals surface area (Å²) in [4.78, 5) is 45.5. The number of phenols is 1. The number of ketones is 1. The van der Waals surface area contributed by atoms with Gasteiger partial charge in [0.1, 0.15) is 23.0 Å². The number of aryl methyl sites for hydroxylation is 2. The number of carbonyl (C=O) groups is 3. The Kier molecular flexibility index (Phi) is 9.26. The van der Waals surface area contributed by atoms with Crippen molar-refractivity contribution in [2.45, 2.75) is 33.4 Å². The van der Waals surface area contributed by atoms with E-state index in [0.717, 1.165) is 27.4 Å². The van der Waals surface area contributed by atoms with E-state index in [0.29, 0.717) is 23.6 Å². The van der Waals surface area contributed by atoms with Crippen molar-refractivity contribution in [1.82, 2.24) is 4.98 Å². The quantitative estimate of drug-likeness (QED) is 0.0859. The van der Waals surface area contributed by atoms with Crippen LogP contribution < -0.4 is 14.4 Å². The molecule has 1 aromatic heterocycles. The maximum Gasteiger partial charge on any atom is 0.350 e. The van der Waals surface area contributed by atoms with E-state index in [2.05, 4.69) is 20.9 Å². The minimum Gasteiger partial charge on any atom is -0.507 e.